The number of hydrogen-bond donors (Lipinski definition) is 13. The lowest BCUT2D eigenvalue weighted by atomic mass is 9.95. The Morgan fingerprint density at radius 2 is 1.02 bits per heavy atom. The second-order valence-electron chi connectivity index (χ2n) is 25.7. The number of carboxylic acids is 2. The number of rotatable bonds is 24. The Hall–Kier alpha value is -9.18. The third-order valence-electron chi connectivity index (χ3n) is 14.3. The summed E-state index contributed by atoms with van der Waals surface area (Å²) >= 11 is 25.1. The number of nitrogens with one attached hydrogen (secondary N) is 9. The van der Waals surface area contributed by atoms with Gasteiger partial charge in [0.1, 0.15) is 41.4 Å². The van der Waals surface area contributed by atoms with Gasteiger partial charge in [0, 0.05) is 134 Å². The summed E-state index contributed by atoms with van der Waals surface area (Å²) in [6.45, 7) is 10.9. The summed E-state index contributed by atoms with van der Waals surface area (Å²) in [7, 11) is -6.79. The molecule has 5 atom stereocenters. The molecule has 628 valence electrons. The second kappa shape index (κ2) is 45.1. The van der Waals surface area contributed by atoms with Gasteiger partial charge in [0.05, 0.1) is 36.9 Å². The van der Waals surface area contributed by atoms with Crippen LogP contribution in [0.3, 0.4) is 0 Å². The summed E-state index contributed by atoms with van der Waals surface area (Å²) in [4.78, 5) is 139. The predicted octanol–water partition coefficient (Wildman–Crippen LogP) is 6.14. The van der Waals surface area contributed by atoms with Crippen LogP contribution in [-0.4, -0.2) is 238 Å². The monoisotopic (exact) mass is 1760 g/mol. The number of fused-ring (bicyclic) bond motifs is 1. The Bertz CT molecular complexity index is 4830. The molecule has 0 saturated heterocycles. The molecule has 8 rings (SSSR count). The molecule has 38 nitrogen and oxygen atoms in total. The lowest BCUT2D eigenvalue weighted by Gasteiger charge is -2.30. The number of esters is 3. The predicted molar refractivity (Wildman–Crippen MR) is 422 cm³/mol. The average molecular weight is 1770 g/mol. The van der Waals surface area contributed by atoms with E-state index >= 15 is 0 Å². The zero-order valence-electron chi connectivity index (χ0n) is 61.9. The number of benzene rings is 2. The van der Waals surface area contributed by atoms with E-state index in [1.54, 1.807) is 89.2 Å². The van der Waals surface area contributed by atoms with Crippen LogP contribution in [0.25, 0.3) is 0 Å². The minimum Gasteiger partial charge on any atom is -0.480 e. The fraction of sp³-hybridized carbons (Fsp3) is 0.455. The first-order valence-corrected chi connectivity index (χ1v) is 40.5. The number of aromatic nitrogens is 10. The van der Waals surface area contributed by atoms with Gasteiger partial charge in [-0.05, 0) is 108 Å². The largest absolute Gasteiger partial charge is 0.480 e. The van der Waals surface area contributed by atoms with E-state index in [2.05, 4.69) is 75.3 Å². The molecule has 0 unspecified atom stereocenters. The van der Waals surface area contributed by atoms with Crippen LogP contribution >= 0.6 is 71.2 Å². The number of aliphatic carboxylic acids is 2. The molecule has 1 aliphatic rings. The number of carboxylic acid groups (broad SMARTS) is 2. The summed E-state index contributed by atoms with van der Waals surface area (Å²) in [5.41, 5.74) is 13.6. The van der Waals surface area contributed by atoms with Crippen molar-refractivity contribution < 1.29 is 102 Å². The molecule has 15 N–H and O–H groups in total. The fourth-order valence-corrected chi connectivity index (χ4v) is 12.3. The Labute approximate surface area is 682 Å². The summed E-state index contributed by atoms with van der Waals surface area (Å²) in [6, 6.07) is 3.06. The third-order valence-corrected chi connectivity index (χ3v) is 18.8. The number of hydrogen-bond acceptors (Lipinski definition) is 28. The number of amides is 4. The maximum absolute atomic E-state index is 13.1. The molecule has 1 aliphatic heterocycles. The van der Waals surface area contributed by atoms with Crippen molar-refractivity contribution >= 4 is 155 Å². The smallest absolute Gasteiger partial charge is 0.408 e. The average Bonchev–Trinajstić information content (AvgIpc) is 1.76. The number of alkyl carbamates (subject to hydrolysis) is 2. The Morgan fingerprint density at radius 1 is 0.602 bits per heavy atom. The molecule has 0 bridgehead atoms. The van der Waals surface area contributed by atoms with Crippen molar-refractivity contribution in [3.63, 3.8) is 0 Å². The van der Waals surface area contributed by atoms with Gasteiger partial charge >= 0.3 is 42.0 Å². The van der Waals surface area contributed by atoms with Crippen molar-refractivity contribution in [1.82, 2.24) is 70.7 Å². The van der Waals surface area contributed by atoms with Crippen LogP contribution < -0.4 is 27.4 Å². The molecule has 113 heavy (non-hydrogen) atoms. The van der Waals surface area contributed by atoms with E-state index in [1.807, 2.05) is 6.26 Å². The number of carbonyl (C=O) groups is 9. The zero-order valence-corrected chi connectivity index (χ0v) is 69.0. The van der Waals surface area contributed by atoms with E-state index in [0.717, 1.165) is 29.6 Å². The van der Waals surface area contributed by atoms with Gasteiger partial charge in [-0.3, -0.25) is 19.2 Å². The number of nitrogens with zero attached hydrogens (tertiary/aromatic N) is 5. The van der Waals surface area contributed by atoms with Gasteiger partial charge in [0.15, 0.2) is 9.93 Å². The van der Waals surface area contributed by atoms with E-state index in [4.69, 9.17) is 77.8 Å². The maximum Gasteiger partial charge on any atom is 0.408 e. The first kappa shape index (κ1) is 102. The van der Waals surface area contributed by atoms with E-state index in [0.29, 0.717) is 56.5 Å². The summed E-state index contributed by atoms with van der Waals surface area (Å²) < 4.78 is 92.7. The van der Waals surface area contributed by atoms with Crippen molar-refractivity contribution in [2.45, 2.75) is 164 Å². The molecule has 47 heteroatoms. The number of halogens is 4. The van der Waals surface area contributed by atoms with Crippen LogP contribution in [0, 0.1) is 4.77 Å². The molecule has 2 aromatic carbocycles. The first-order valence-electron chi connectivity index (χ1n) is 32.1. The normalized spacial score (nSPS) is 13.0. The number of H-pyrrole nitrogens is 6. The Balaban J connectivity index is 0.000000743. The number of methoxy groups -OCH3 is 3. The molecule has 0 aliphatic carbocycles. The van der Waals surface area contributed by atoms with Crippen LogP contribution in [0.1, 0.15) is 117 Å². The fourth-order valence-electron chi connectivity index (χ4n) is 9.18. The number of nitrogens with two attached hydrogens (primary N) is 2. The van der Waals surface area contributed by atoms with Gasteiger partial charge in [-0.25, -0.2) is 69.2 Å². The molecule has 4 amide bonds. The van der Waals surface area contributed by atoms with Crippen LogP contribution in [-0.2, 0) is 122 Å². The van der Waals surface area contributed by atoms with Gasteiger partial charge < -0.3 is 96.1 Å². The number of aromatic amines is 6. The zero-order chi connectivity index (χ0) is 83.1. The summed E-state index contributed by atoms with van der Waals surface area (Å²) in [6.07, 6.45) is 11.2. The van der Waals surface area contributed by atoms with Crippen molar-refractivity contribution in [3.05, 3.63) is 132 Å². The Morgan fingerprint density at radius 3 is 1.39 bits per heavy atom. The van der Waals surface area contributed by atoms with Crippen molar-refractivity contribution in [3.8, 4) is 0 Å². The number of ether oxygens (including phenoxy) is 5. The summed E-state index contributed by atoms with van der Waals surface area (Å²) in [5, 5.41) is 26.1. The maximum atomic E-state index is 13.1. The highest BCUT2D eigenvalue weighted by molar-refractivity contribution is 7.98. The quantitative estimate of drug-likeness (QED) is 0.0140. The van der Waals surface area contributed by atoms with E-state index in [1.165, 1.54) is 51.7 Å². The van der Waals surface area contributed by atoms with Crippen LogP contribution in [0.15, 0.2) is 81.9 Å². The highest BCUT2D eigenvalue weighted by atomic mass is 35.5. The molecule has 0 fully saturated rings. The molecular weight excluding hydrogens is 1670 g/mol. The van der Waals surface area contributed by atoms with Gasteiger partial charge in [-0.1, -0.05) is 61.4 Å². The van der Waals surface area contributed by atoms with Gasteiger partial charge in [-0.15, -0.1) is 12.4 Å². The van der Waals surface area contributed by atoms with Crippen molar-refractivity contribution in [2.75, 3.05) is 52.9 Å². The lowest BCUT2D eigenvalue weighted by Crippen LogP contribution is -2.45. The molecule has 6 heterocycles. The van der Waals surface area contributed by atoms with Gasteiger partial charge in [-0.2, -0.15) is 0 Å². The van der Waals surface area contributed by atoms with Crippen LogP contribution in [0.4, 0.5) is 9.59 Å². The topological polar surface area (TPSA) is 580 Å². The lowest BCUT2D eigenvalue weighted by molar-refractivity contribution is -0.143. The first-order chi connectivity index (χ1) is 50.9. The minimum absolute atomic E-state index is 0. The molecular formula is C66H94Cl4N16O22S5. The Kier molecular flexibility index (Phi) is 40.6. The third kappa shape index (κ3) is 34.2. The van der Waals surface area contributed by atoms with Gasteiger partial charge in [0.25, 0.3) is 11.8 Å². The summed E-state index contributed by atoms with van der Waals surface area (Å²) in [5.74, 6) is -5.16. The molecule has 0 spiro atoms. The van der Waals surface area contributed by atoms with E-state index in [9.17, 15) is 73.5 Å². The van der Waals surface area contributed by atoms with E-state index in [-0.39, 0.29) is 109 Å². The van der Waals surface area contributed by atoms with E-state index < -0.39 is 119 Å². The highest BCUT2D eigenvalue weighted by Gasteiger charge is 2.33. The molecule has 7 aromatic rings. The number of sulfone groups is 3. The highest BCUT2D eigenvalue weighted by Crippen LogP contribution is 2.35. The minimum atomic E-state index is -3.62. The van der Waals surface area contributed by atoms with Crippen molar-refractivity contribution in [1.29, 1.82) is 0 Å². The molecule has 0 radical (unpaired) electrons. The second-order valence-corrected chi connectivity index (χ2v) is 33.9. The number of imidazole rings is 5. The number of carbonyl (C=O) groups excluding carboxylic acids is 7. The van der Waals surface area contributed by atoms with Gasteiger partial charge in [0.2, 0.25) is 45.0 Å². The standard InChI is InChI=1S/C24H21Cl3N4O6S.C13H21N3O6S.C13H21N3O4S.C8H13N3O4S.C6H9N3O2S.2CH4.ClH/c1-38(36,37)24-28-10-15(29-24)9-18(23(34)35)30-21(32)19-17(26)8-13-11-31(7-6-16(13)20(19)27)22(33)12-2-4-14(25)5-3-12;1-13(2,3)22-12(18)16-9(10(17)21-4)6-8-7-14-11(15-8)23(5,19)20;1-13(2,3)20-12(18)16-9(10(17)19-4)6-8-7-14-11(15-8)21-5;1-15-7(12)6(9)3-5-4-10-8(11-5)16(2,13)14;7-4(5(10)11)1-3-2-8-6(12)9-3;;;/h2-5,8,10,18H,6-7,9,11H2,1H3,(H,28,29)(H,30,32)(H,34,35);7,9H,6H2,1-5H3,(H,14,15)(H,16,18);7,9H,6H2,1-5H3,(H,14,15)(H,16,18);4,6H,3,9H2,1-2H3,(H,10,11);2,4H,1,7H2,(H,10,11)(H2,8,9,12);2*1H4;1H/t18-;2*9-;6-;4-;;;/m00000.../s1. The SMILES string of the molecule is C.C.COC(=O)[C@@H](N)Cc1cnc(S(C)(=O)=O)[nH]1.COC(=O)[C@H](Cc1cnc(S(C)(=O)=O)[nH]1)NC(=O)OC(C)(C)C.COC(=O)[C@H](Cc1cnc(SC)[nH]1)NC(=O)OC(C)(C)C.CS(=O)(=O)c1ncc(C[C@H](NC(=O)c2c(Cl)cc3c(c2Cl)CCN(C(=O)c2ccc(Cl)cc2)C3)C(=O)O)[nH]1.Cl.N[C@@H](Cc1c[nH]c(=S)[nH]1)C(=O)O. The number of thioether (sulfide) groups is 1. The van der Waals surface area contributed by atoms with Crippen molar-refractivity contribution in [2.24, 2.45) is 11.5 Å². The van der Waals surface area contributed by atoms with Crippen LogP contribution in [0.2, 0.25) is 15.1 Å². The molecule has 5 aromatic heterocycles. The molecule has 0 saturated carbocycles. The van der Waals surface area contributed by atoms with Crippen LogP contribution in [0.5, 0.6) is 0 Å².